The molecule has 1 atom stereocenters. The maximum atomic E-state index is 13.5. The second kappa shape index (κ2) is 8.14. The van der Waals surface area contributed by atoms with Crippen LogP contribution in [0.1, 0.15) is 31.2 Å². The molecule has 0 unspecified atom stereocenters. The van der Waals surface area contributed by atoms with E-state index in [1.807, 2.05) is 59.5 Å². The first-order valence-corrected chi connectivity index (χ1v) is 10.5. The summed E-state index contributed by atoms with van der Waals surface area (Å²) in [5.74, 6) is -0.148. The number of hydrogen-bond acceptors (Lipinski definition) is 3. The predicted molar refractivity (Wildman–Crippen MR) is 113 cm³/mol. The van der Waals surface area contributed by atoms with Gasteiger partial charge in [0, 0.05) is 42.8 Å². The molecule has 1 N–H and O–H groups in total. The molecule has 5 heteroatoms. The third-order valence-electron chi connectivity index (χ3n) is 6.23. The molecule has 1 heterocycles. The molecule has 2 aromatic rings. The van der Waals surface area contributed by atoms with Gasteiger partial charge in [0.05, 0.1) is 0 Å². The van der Waals surface area contributed by atoms with E-state index in [1.165, 1.54) is 0 Å². The van der Waals surface area contributed by atoms with E-state index in [2.05, 4.69) is 4.90 Å². The van der Waals surface area contributed by atoms with Crippen LogP contribution < -0.4 is 4.90 Å². The van der Waals surface area contributed by atoms with Crippen molar-refractivity contribution in [3.8, 4) is 0 Å². The average Bonchev–Trinajstić information content (AvgIpc) is 3.29. The van der Waals surface area contributed by atoms with Crippen LogP contribution in [0.5, 0.6) is 0 Å². The number of carbonyl (C=O) groups excluding carboxylic acids is 1. The number of nitrogens with zero attached hydrogens (tertiary/aromatic N) is 2. The molecule has 1 saturated heterocycles. The van der Waals surface area contributed by atoms with Gasteiger partial charge in [-0.05, 0) is 36.6 Å². The third-order valence-corrected chi connectivity index (χ3v) is 6.46. The summed E-state index contributed by atoms with van der Waals surface area (Å²) in [5.41, 5.74) is 0.383. The number of rotatable bonds is 4. The smallest absolute Gasteiger partial charge is 0.259 e. The summed E-state index contributed by atoms with van der Waals surface area (Å²) < 4.78 is 0. The van der Waals surface area contributed by atoms with Crippen molar-refractivity contribution < 1.29 is 9.90 Å². The summed E-state index contributed by atoms with van der Waals surface area (Å²) in [6, 6.07) is 17.3. The van der Waals surface area contributed by atoms with Crippen molar-refractivity contribution >= 4 is 23.2 Å². The SMILES string of the molecule is O=C(N1CCN(c2cccc(Cl)c2)CC1)[C@](O)(c1ccccc1)C1CCCC1. The third kappa shape index (κ3) is 3.63. The molecule has 1 aliphatic carbocycles. The maximum Gasteiger partial charge on any atom is 0.259 e. The van der Waals surface area contributed by atoms with Crippen molar-refractivity contribution in [1.82, 2.24) is 4.90 Å². The van der Waals surface area contributed by atoms with Crippen molar-refractivity contribution in [2.24, 2.45) is 5.92 Å². The Morgan fingerprint density at radius 2 is 1.64 bits per heavy atom. The molecule has 2 aromatic carbocycles. The van der Waals surface area contributed by atoms with Gasteiger partial charge in [0.25, 0.3) is 5.91 Å². The number of amides is 1. The van der Waals surface area contributed by atoms with Crippen molar-refractivity contribution in [1.29, 1.82) is 0 Å². The van der Waals surface area contributed by atoms with Gasteiger partial charge in [-0.25, -0.2) is 0 Å². The summed E-state index contributed by atoms with van der Waals surface area (Å²) in [7, 11) is 0. The van der Waals surface area contributed by atoms with Crippen molar-refractivity contribution in [2.75, 3.05) is 31.1 Å². The lowest BCUT2D eigenvalue weighted by Crippen LogP contribution is -2.56. The molecule has 0 radical (unpaired) electrons. The van der Waals surface area contributed by atoms with Crippen molar-refractivity contribution in [3.05, 3.63) is 65.2 Å². The van der Waals surface area contributed by atoms with E-state index in [0.717, 1.165) is 55.0 Å². The summed E-state index contributed by atoms with van der Waals surface area (Å²) in [6.07, 6.45) is 3.96. The number of hydrogen-bond donors (Lipinski definition) is 1. The predicted octanol–water partition coefficient (Wildman–Crippen LogP) is 4.07. The van der Waals surface area contributed by atoms with Gasteiger partial charge < -0.3 is 14.9 Å². The minimum atomic E-state index is -1.42. The van der Waals surface area contributed by atoms with Crippen LogP contribution in [-0.2, 0) is 10.4 Å². The van der Waals surface area contributed by atoms with Gasteiger partial charge in [-0.1, -0.05) is 60.8 Å². The Balaban J connectivity index is 1.52. The highest BCUT2D eigenvalue weighted by Crippen LogP contribution is 2.42. The van der Waals surface area contributed by atoms with Crippen LogP contribution in [0.25, 0.3) is 0 Å². The topological polar surface area (TPSA) is 43.8 Å². The van der Waals surface area contributed by atoms with Gasteiger partial charge in [0.15, 0.2) is 5.60 Å². The first kappa shape index (κ1) is 19.3. The van der Waals surface area contributed by atoms with Gasteiger partial charge in [0.1, 0.15) is 0 Å². The van der Waals surface area contributed by atoms with Gasteiger partial charge in [-0.15, -0.1) is 0 Å². The Morgan fingerprint density at radius 3 is 2.29 bits per heavy atom. The number of halogens is 1. The molecule has 28 heavy (non-hydrogen) atoms. The van der Waals surface area contributed by atoms with Crippen molar-refractivity contribution in [2.45, 2.75) is 31.3 Å². The van der Waals surface area contributed by atoms with E-state index < -0.39 is 5.60 Å². The van der Waals surface area contributed by atoms with Crippen LogP contribution in [-0.4, -0.2) is 42.1 Å². The first-order chi connectivity index (χ1) is 13.6. The fraction of sp³-hybridized carbons (Fsp3) is 0.435. The van der Waals surface area contributed by atoms with Gasteiger partial charge in [-0.3, -0.25) is 4.79 Å². The number of piperazine rings is 1. The Kier molecular flexibility index (Phi) is 5.61. The van der Waals surface area contributed by atoms with Crippen LogP contribution in [0.3, 0.4) is 0 Å². The number of carbonyl (C=O) groups is 1. The molecule has 4 nitrogen and oxygen atoms in total. The molecule has 0 bridgehead atoms. The van der Waals surface area contributed by atoms with E-state index in [0.29, 0.717) is 13.1 Å². The fourth-order valence-electron chi connectivity index (χ4n) is 4.65. The molecule has 148 valence electrons. The Morgan fingerprint density at radius 1 is 0.964 bits per heavy atom. The quantitative estimate of drug-likeness (QED) is 0.844. The molecule has 0 spiro atoms. The molecule has 1 saturated carbocycles. The Bertz CT molecular complexity index is 814. The number of anilines is 1. The van der Waals surface area contributed by atoms with Crippen molar-refractivity contribution in [3.63, 3.8) is 0 Å². The maximum absolute atomic E-state index is 13.5. The molecular formula is C23H27ClN2O2. The molecule has 2 fully saturated rings. The van der Waals surface area contributed by atoms with E-state index in [1.54, 1.807) is 0 Å². The zero-order valence-electron chi connectivity index (χ0n) is 16.1. The molecule has 1 amide bonds. The summed E-state index contributed by atoms with van der Waals surface area (Å²) in [6.45, 7) is 2.68. The van der Waals surface area contributed by atoms with Crippen LogP contribution in [0, 0.1) is 5.92 Å². The average molecular weight is 399 g/mol. The standard InChI is InChI=1S/C23H27ClN2O2/c24-20-11-6-12-21(17-20)25-13-15-26(16-14-25)22(27)23(28,19-9-4-5-10-19)18-7-2-1-3-8-18/h1-3,6-8,11-12,17,19,28H,4-5,9-10,13-16H2/t23-/m0/s1. The highest BCUT2D eigenvalue weighted by molar-refractivity contribution is 6.30. The minimum absolute atomic E-state index is 0.00615. The molecule has 2 aliphatic rings. The van der Waals surface area contributed by atoms with Gasteiger partial charge in [-0.2, -0.15) is 0 Å². The van der Waals surface area contributed by atoms with E-state index in [9.17, 15) is 9.90 Å². The monoisotopic (exact) mass is 398 g/mol. The van der Waals surface area contributed by atoms with Crippen LogP contribution in [0.4, 0.5) is 5.69 Å². The summed E-state index contributed by atoms with van der Waals surface area (Å²) >= 11 is 6.12. The fourth-order valence-corrected chi connectivity index (χ4v) is 4.84. The second-order valence-electron chi connectivity index (χ2n) is 7.87. The number of benzene rings is 2. The molecule has 4 rings (SSSR count). The summed E-state index contributed by atoms with van der Waals surface area (Å²) in [4.78, 5) is 17.6. The van der Waals surface area contributed by atoms with Crippen LogP contribution in [0.15, 0.2) is 54.6 Å². The minimum Gasteiger partial charge on any atom is -0.375 e. The lowest BCUT2D eigenvalue weighted by Gasteiger charge is -2.42. The van der Waals surface area contributed by atoms with Crippen LogP contribution in [0.2, 0.25) is 5.02 Å². The van der Waals surface area contributed by atoms with Crippen LogP contribution >= 0.6 is 11.6 Å². The molecular weight excluding hydrogens is 372 g/mol. The number of aliphatic hydroxyl groups is 1. The summed E-state index contributed by atoms with van der Waals surface area (Å²) in [5, 5.41) is 12.4. The van der Waals surface area contributed by atoms with E-state index in [-0.39, 0.29) is 11.8 Å². The van der Waals surface area contributed by atoms with E-state index >= 15 is 0 Å². The lowest BCUT2D eigenvalue weighted by molar-refractivity contribution is -0.159. The highest BCUT2D eigenvalue weighted by Gasteiger charge is 2.48. The zero-order valence-corrected chi connectivity index (χ0v) is 16.8. The zero-order chi connectivity index (χ0) is 19.6. The first-order valence-electron chi connectivity index (χ1n) is 10.2. The Labute approximate surface area is 171 Å². The van der Waals surface area contributed by atoms with Gasteiger partial charge in [0.2, 0.25) is 0 Å². The largest absolute Gasteiger partial charge is 0.375 e. The Hall–Kier alpha value is -2.04. The normalized spacial score (nSPS) is 20.2. The highest BCUT2D eigenvalue weighted by atomic mass is 35.5. The van der Waals surface area contributed by atoms with Gasteiger partial charge >= 0.3 is 0 Å². The lowest BCUT2D eigenvalue weighted by atomic mass is 9.79. The second-order valence-corrected chi connectivity index (χ2v) is 8.31. The molecule has 0 aromatic heterocycles. The van der Waals surface area contributed by atoms with E-state index in [4.69, 9.17) is 11.6 Å². The molecule has 1 aliphatic heterocycles.